The Kier molecular flexibility index (Phi) is 5.71. The first-order valence-electron chi connectivity index (χ1n) is 8.96. The molecule has 2 aromatic rings. The minimum atomic E-state index is -4.46. The zero-order valence-corrected chi connectivity index (χ0v) is 15.0. The van der Waals surface area contributed by atoms with E-state index in [1.807, 2.05) is 0 Å². The minimum Gasteiger partial charge on any atom is -0.480 e. The van der Waals surface area contributed by atoms with Gasteiger partial charge in [0.2, 0.25) is 0 Å². The van der Waals surface area contributed by atoms with Crippen molar-refractivity contribution >= 4 is 11.9 Å². The Morgan fingerprint density at radius 3 is 2.36 bits per heavy atom. The molecule has 0 spiro atoms. The summed E-state index contributed by atoms with van der Waals surface area (Å²) < 4.78 is 39.8. The fourth-order valence-corrected chi connectivity index (χ4v) is 3.47. The van der Waals surface area contributed by atoms with Crippen molar-refractivity contribution in [3.05, 3.63) is 53.3 Å². The molecule has 0 unspecified atom stereocenters. The molecule has 3 rings (SSSR count). The molecule has 1 saturated carbocycles. The van der Waals surface area contributed by atoms with Crippen LogP contribution in [0.2, 0.25) is 0 Å². The van der Waals surface area contributed by atoms with Crippen LogP contribution in [-0.4, -0.2) is 38.2 Å². The van der Waals surface area contributed by atoms with Gasteiger partial charge in [-0.05, 0) is 36.6 Å². The van der Waals surface area contributed by atoms with Crippen molar-refractivity contribution in [3.63, 3.8) is 0 Å². The van der Waals surface area contributed by atoms with Crippen LogP contribution in [0.4, 0.5) is 13.2 Å². The van der Waals surface area contributed by atoms with Crippen molar-refractivity contribution in [2.45, 2.75) is 44.4 Å². The summed E-state index contributed by atoms with van der Waals surface area (Å²) in [6.07, 6.45) is 0.941. The van der Waals surface area contributed by atoms with Gasteiger partial charge in [0.25, 0.3) is 5.91 Å². The predicted octanol–water partition coefficient (Wildman–Crippen LogP) is 3.74. The molecule has 1 aromatic heterocycles. The van der Waals surface area contributed by atoms with Crippen LogP contribution in [-0.2, 0) is 17.5 Å². The SMILES string of the molecule is O=C(O)CN(Cc1ccc(C(F)(F)F)cc1)C(=O)c1ccnn1C1CCCC1. The number of carboxylic acids is 1. The lowest BCUT2D eigenvalue weighted by Gasteiger charge is -2.23. The monoisotopic (exact) mass is 395 g/mol. The average Bonchev–Trinajstić information content (AvgIpc) is 3.31. The number of hydrogen-bond acceptors (Lipinski definition) is 3. The first-order valence-corrected chi connectivity index (χ1v) is 8.96. The summed E-state index contributed by atoms with van der Waals surface area (Å²) in [6, 6.07) is 5.98. The third kappa shape index (κ3) is 4.52. The van der Waals surface area contributed by atoms with E-state index in [2.05, 4.69) is 5.10 Å². The fourth-order valence-electron chi connectivity index (χ4n) is 3.47. The van der Waals surface area contributed by atoms with Crippen molar-refractivity contribution in [1.29, 1.82) is 0 Å². The Bertz CT molecular complexity index is 840. The third-order valence-electron chi connectivity index (χ3n) is 4.83. The second-order valence-corrected chi connectivity index (χ2v) is 6.85. The molecule has 0 bridgehead atoms. The maximum Gasteiger partial charge on any atom is 0.416 e. The molecule has 0 saturated heterocycles. The second-order valence-electron chi connectivity index (χ2n) is 6.85. The second kappa shape index (κ2) is 8.04. The number of carboxylic acid groups (broad SMARTS) is 1. The third-order valence-corrected chi connectivity index (χ3v) is 4.83. The van der Waals surface area contributed by atoms with Gasteiger partial charge in [0.15, 0.2) is 0 Å². The Morgan fingerprint density at radius 1 is 1.14 bits per heavy atom. The Morgan fingerprint density at radius 2 is 1.79 bits per heavy atom. The molecule has 1 amide bonds. The normalized spacial score (nSPS) is 15.0. The maximum absolute atomic E-state index is 13.0. The van der Waals surface area contributed by atoms with Gasteiger partial charge in [-0.1, -0.05) is 25.0 Å². The molecular formula is C19H20F3N3O3. The fraction of sp³-hybridized carbons (Fsp3) is 0.421. The molecule has 1 aromatic carbocycles. The van der Waals surface area contributed by atoms with Gasteiger partial charge in [-0.15, -0.1) is 0 Å². The minimum absolute atomic E-state index is 0.103. The molecule has 1 heterocycles. The van der Waals surface area contributed by atoms with E-state index in [0.717, 1.165) is 42.7 Å². The van der Waals surface area contributed by atoms with E-state index in [1.54, 1.807) is 10.7 Å². The largest absolute Gasteiger partial charge is 0.480 e. The highest BCUT2D eigenvalue weighted by Crippen LogP contribution is 2.31. The lowest BCUT2D eigenvalue weighted by molar-refractivity contribution is -0.138. The van der Waals surface area contributed by atoms with E-state index in [4.69, 9.17) is 0 Å². The molecule has 28 heavy (non-hydrogen) atoms. The number of aromatic nitrogens is 2. The molecule has 9 heteroatoms. The molecule has 150 valence electrons. The quantitative estimate of drug-likeness (QED) is 0.809. The number of halogens is 3. The lowest BCUT2D eigenvalue weighted by Crippen LogP contribution is -2.36. The van der Waals surface area contributed by atoms with Crippen molar-refractivity contribution < 1.29 is 27.9 Å². The summed E-state index contributed by atoms with van der Waals surface area (Å²) in [5.41, 5.74) is -0.0961. The number of carbonyl (C=O) groups excluding carboxylic acids is 1. The van der Waals surface area contributed by atoms with Gasteiger partial charge in [0.05, 0.1) is 11.6 Å². The van der Waals surface area contributed by atoms with E-state index in [9.17, 15) is 27.9 Å². The van der Waals surface area contributed by atoms with Crippen LogP contribution in [0.1, 0.15) is 53.3 Å². The van der Waals surface area contributed by atoms with Crippen molar-refractivity contribution in [1.82, 2.24) is 14.7 Å². The standard InChI is InChI=1S/C19H20F3N3O3/c20-19(21,22)14-7-5-13(6-8-14)11-24(12-17(26)27)18(28)16-9-10-23-25(16)15-3-1-2-4-15/h5-10,15H,1-4,11-12H2,(H,26,27). The zero-order valence-electron chi connectivity index (χ0n) is 15.0. The van der Waals surface area contributed by atoms with E-state index < -0.39 is 30.2 Å². The highest BCUT2D eigenvalue weighted by Gasteiger charge is 2.30. The average molecular weight is 395 g/mol. The molecule has 0 radical (unpaired) electrons. The summed E-state index contributed by atoms with van der Waals surface area (Å²) in [5, 5.41) is 13.4. The number of amides is 1. The molecule has 1 aliphatic rings. The van der Waals surface area contributed by atoms with Crippen molar-refractivity contribution in [2.75, 3.05) is 6.54 Å². The topological polar surface area (TPSA) is 75.4 Å². The predicted molar refractivity (Wildman–Crippen MR) is 93.6 cm³/mol. The summed E-state index contributed by atoms with van der Waals surface area (Å²) in [7, 11) is 0. The number of nitrogens with zero attached hydrogens (tertiary/aromatic N) is 3. The van der Waals surface area contributed by atoms with Crippen LogP contribution in [0.5, 0.6) is 0 Å². The van der Waals surface area contributed by atoms with Crippen LogP contribution in [0.15, 0.2) is 36.5 Å². The van der Waals surface area contributed by atoms with E-state index in [1.165, 1.54) is 18.3 Å². The summed E-state index contributed by atoms with van der Waals surface area (Å²) in [5.74, 6) is -1.71. The number of alkyl halides is 3. The van der Waals surface area contributed by atoms with Gasteiger partial charge in [0, 0.05) is 12.7 Å². The summed E-state index contributed by atoms with van der Waals surface area (Å²) in [4.78, 5) is 25.3. The highest BCUT2D eigenvalue weighted by atomic mass is 19.4. The number of hydrogen-bond donors (Lipinski definition) is 1. The van der Waals surface area contributed by atoms with Gasteiger partial charge in [-0.25, -0.2) is 0 Å². The maximum atomic E-state index is 13.0. The Hall–Kier alpha value is -2.84. The Balaban J connectivity index is 1.81. The summed E-state index contributed by atoms with van der Waals surface area (Å²) >= 11 is 0. The zero-order chi connectivity index (χ0) is 20.3. The number of benzene rings is 1. The van der Waals surface area contributed by atoms with Crippen LogP contribution in [0.3, 0.4) is 0 Å². The first kappa shape index (κ1) is 19.9. The van der Waals surface area contributed by atoms with Crippen LogP contribution >= 0.6 is 0 Å². The van der Waals surface area contributed by atoms with Gasteiger partial charge in [0.1, 0.15) is 12.2 Å². The van der Waals surface area contributed by atoms with Crippen LogP contribution in [0.25, 0.3) is 0 Å². The smallest absolute Gasteiger partial charge is 0.416 e. The van der Waals surface area contributed by atoms with Crippen molar-refractivity contribution in [2.24, 2.45) is 0 Å². The lowest BCUT2D eigenvalue weighted by atomic mass is 10.1. The number of aliphatic carboxylic acids is 1. The van der Waals surface area contributed by atoms with Gasteiger partial charge < -0.3 is 10.0 Å². The van der Waals surface area contributed by atoms with Crippen LogP contribution < -0.4 is 0 Å². The van der Waals surface area contributed by atoms with Crippen molar-refractivity contribution in [3.8, 4) is 0 Å². The molecule has 1 aliphatic carbocycles. The highest BCUT2D eigenvalue weighted by molar-refractivity contribution is 5.94. The van der Waals surface area contributed by atoms with Gasteiger partial charge in [-0.2, -0.15) is 18.3 Å². The summed E-state index contributed by atoms with van der Waals surface area (Å²) in [6.45, 7) is -0.672. The van der Waals surface area contributed by atoms with Crippen LogP contribution in [0, 0.1) is 0 Å². The molecule has 0 aliphatic heterocycles. The Labute approximate surface area is 159 Å². The molecule has 0 atom stereocenters. The molecule has 1 N–H and O–H groups in total. The van der Waals surface area contributed by atoms with Gasteiger partial charge >= 0.3 is 12.1 Å². The van der Waals surface area contributed by atoms with E-state index in [0.29, 0.717) is 11.3 Å². The van der Waals surface area contributed by atoms with E-state index >= 15 is 0 Å². The molecule has 6 nitrogen and oxygen atoms in total. The van der Waals surface area contributed by atoms with Gasteiger partial charge in [-0.3, -0.25) is 14.3 Å². The van der Waals surface area contributed by atoms with E-state index in [-0.39, 0.29) is 12.6 Å². The molecule has 1 fully saturated rings. The number of carbonyl (C=O) groups is 2. The molecular weight excluding hydrogens is 375 g/mol. The first-order chi connectivity index (χ1) is 13.3. The number of rotatable bonds is 6.